The summed E-state index contributed by atoms with van der Waals surface area (Å²) in [5.41, 5.74) is 0. The Morgan fingerprint density at radius 1 is 0.276 bits per heavy atom. The summed E-state index contributed by atoms with van der Waals surface area (Å²) in [5, 5.41) is 0. The highest BCUT2D eigenvalue weighted by Gasteiger charge is 1.94. The van der Waals surface area contributed by atoms with Gasteiger partial charge in [-0.25, -0.2) is 0 Å². The van der Waals surface area contributed by atoms with Crippen LogP contribution in [0.2, 0.25) is 0 Å². The number of rotatable bonds is 25. The number of allylic oxidation sites excluding steroid dienone is 2. The van der Waals surface area contributed by atoms with Crippen molar-refractivity contribution in [1.82, 2.24) is 0 Å². The van der Waals surface area contributed by atoms with Crippen molar-refractivity contribution in [2.45, 2.75) is 174 Å². The third kappa shape index (κ3) is 27.7. The molecule has 0 aromatic rings. The Balaban J connectivity index is 3.04. The molecule has 0 heterocycles. The van der Waals surface area contributed by atoms with Crippen LogP contribution < -0.4 is 0 Å². The maximum absolute atomic E-state index is 2.45. The first-order chi connectivity index (χ1) is 14.4. The van der Waals surface area contributed by atoms with Gasteiger partial charge in [-0.1, -0.05) is 161 Å². The van der Waals surface area contributed by atoms with Gasteiger partial charge in [-0.3, -0.25) is 0 Å². The molecule has 0 N–H and O–H groups in total. The minimum Gasteiger partial charge on any atom is -0.0885 e. The second-order valence-electron chi connectivity index (χ2n) is 9.47. The Morgan fingerprint density at radius 2 is 0.483 bits per heavy atom. The average Bonchev–Trinajstić information content (AvgIpc) is 2.74. The highest BCUT2D eigenvalue weighted by atomic mass is 14.0. The zero-order chi connectivity index (χ0) is 21.1. The Labute approximate surface area is 186 Å². The van der Waals surface area contributed by atoms with Crippen molar-refractivity contribution in [2.75, 3.05) is 0 Å². The van der Waals surface area contributed by atoms with Gasteiger partial charge in [0.25, 0.3) is 0 Å². The molecule has 0 aliphatic heterocycles. The molecule has 0 saturated carbocycles. The summed E-state index contributed by atoms with van der Waals surface area (Å²) in [4.78, 5) is 0. The maximum Gasteiger partial charge on any atom is -0.0351 e. The molecule has 0 heteroatoms. The zero-order valence-corrected chi connectivity index (χ0v) is 20.8. The normalized spacial score (nSPS) is 11.7. The summed E-state index contributed by atoms with van der Waals surface area (Å²) in [6.07, 6.45) is 40.9. The van der Waals surface area contributed by atoms with E-state index in [1.54, 1.807) is 0 Å². The van der Waals surface area contributed by atoms with E-state index in [2.05, 4.69) is 26.0 Å². The molecule has 0 aromatic carbocycles. The average molecular weight is 407 g/mol. The molecule has 0 spiro atoms. The minimum absolute atomic E-state index is 1.31. The summed E-state index contributed by atoms with van der Waals surface area (Å²) in [7, 11) is 0. The highest BCUT2D eigenvalue weighted by Crippen LogP contribution is 2.14. The zero-order valence-electron chi connectivity index (χ0n) is 20.8. The second kappa shape index (κ2) is 27.7. The van der Waals surface area contributed by atoms with Crippen molar-refractivity contribution in [3.63, 3.8) is 0 Å². The van der Waals surface area contributed by atoms with Crippen LogP contribution in [0.15, 0.2) is 12.2 Å². The lowest BCUT2D eigenvalue weighted by molar-refractivity contribution is 0.530. The van der Waals surface area contributed by atoms with Gasteiger partial charge in [-0.15, -0.1) is 0 Å². The molecule has 0 aliphatic rings. The first kappa shape index (κ1) is 28.7. The molecule has 0 radical (unpaired) electrons. The van der Waals surface area contributed by atoms with E-state index in [-0.39, 0.29) is 0 Å². The van der Waals surface area contributed by atoms with Crippen molar-refractivity contribution < 1.29 is 0 Å². The van der Waals surface area contributed by atoms with E-state index in [0.29, 0.717) is 0 Å². The first-order valence-electron chi connectivity index (χ1n) is 14.1. The lowest BCUT2D eigenvalue weighted by Crippen LogP contribution is -1.83. The van der Waals surface area contributed by atoms with Crippen LogP contribution in [0.4, 0.5) is 0 Å². The topological polar surface area (TPSA) is 0 Å². The molecular formula is C29H58. The quantitative estimate of drug-likeness (QED) is 0.104. The molecule has 0 unspecified atom stereocenters. The monoisotopic (exact) mass is 406 g/mol. The van der Waals surface area contributed by atoms with Crippen LogP contribution in [0.3, 0.4) is 0 Å². The van der Waals surface area contributed by atoms with E-state index in [0.717, 1.165) is 0 Å². The maximum atomic E-state index is 2.45. The number of unbranched alkanes of at least 4 members (excludes halogenated alkanes) is 23. The molecule has 0 atom stereocenters. The summed E-state index contributed by atoms with van der Waals surface area (Å²) in [6, 6.07) is 0. The van der Waals surface area contributed by atoms with Crippen LogP contribution in [0.5, 0.6) is 0 Å². The standard InChI is InChI=1S/C29H58/c1-3-5-7-9-11-13-15-17-19-21-23-25-27-29-28-26-24-22-20-18-16-14-12-10-8-6-4-2/h19,21H,3-18,20,22-29H2,1-2H3/b21-19+. The smallest absolute Gasteiger partial charge is 0.0351 e. The van der Waals surface area contributed by atoms with E-state index in [1.165, 1.54) is 161 Å². The van der Waals surface area contributed by atoms with Crippen molar-refractivity contribution in [2.24, 2.45) is 0 Å². The van der Waals surface area contributed by atoms with Crippen LogP contribution in [0.1, 0.15) is 174 Å². The molecule has 0 aromatic heterocycles. The summed E-state index contributed by atoms with van der Waals surface area (Å²) in [6.45, 7) is 4.60. The van der Waals surface area contributed by atoms with Crippen LogP contribution in [0.25, 0.3) is 0 Å². The van der Waals surface area contributed by atoms with Gasteiger partial charge in [0.1, 0.15) is 0 Å². The summed E-state index contributed by atoms with van der Waals surface area (Å²) in [5.74, 6) is 0. The first-order valence-corrected chi connectivity index (χ1v) is 14.1. The van der Waals surface area contributed by atoms with Crippen molar-refractivity contribution in [3.8, 4) is 0 Å². The van der Waals surface area contributed by atoms with Crippen LogP contribution >= 0.6 is 0 Å². The Hall–Kier alpha value is -0.260. The predicted octanol–water partition coefficient (Wildman–Crippen LogP) is 11.3. The molecule has 0 bridgehead atoms. The van der Waals surface area contributed by atoms with Gasteiger partial charge in [0.2, 0.25) is 0 Å². The molecule has 0 saturated heterocycles. The van der Waals surface area contributed by atoms with Crippen LogP contribution in [-0.2, 0) is 0 Å². The van der Waals surface area contributed by atoms with E-state index in [9.17, 15) is 0 Å². The third-order valence-electron chi connectivity index (χ3n) is 6.37. The Morgan fingerprint density at radius 3 is 0.724 bits per heavy atom. The molecule has 174 valence electrons. The van der Waals surface area contributed by atoms with Gasteiger partial charge in [0.15, 0.2) is 0 Å². The fourth-order valence-corrected chi connectivity index (χ4v) is 4.27. The number of hydrogen-bond donors (Lipinski definition) is 0. The molecule has 0 rings (SSSR count). The van der Waals surface area contributed by atoms with E-state index >= 15 is 0 Å². The largest absolute Gasteiger partial charge is 0.0885 e. The SMILES string of the molecule is CCCCCCCCC/C=C/CCCCCCCCCCCCCCCCCC. The lowest BCUT2D eigenvalue weighted by Gasteiger charge is -2.03. The van der Waals surface area contributed by atoms with E-state index in [4.69, 9.17) is 0 Å². The van der Waals surface area contributed by atoms with Crippen LogP contribution in [0, 0.1) is 0 Å². The van der Waals surface area contributed by atoms with E-state index < -0.39 is 0 Å². The van der Waals surface area contributed by atoms with Gasteiger partial charge >= 0.3 is 0 Å². The molecule has 0 fully saturated rings. The molecular weight excluding hydrogens is 348 g/mol. The van der Waals surface area contributed by atoms with Gasteiger partial charge in [-0.05, 0) is 25.7 Å². The molecule has 0 amide bonds. The third-order valence-corrected chi connectivity index (χ3v) is 6.37. The highest BCUT2D eigenvalue weighted by molar-refractivity contribution is 4.81. The van der Waals surface area contributed by atoms with Crippen molar-refractivity contribution >= 4 is 0 Å². The van der Waals surface area contributed by atoms with E-state index in [1.807, 2.05) is 0 Å². The van der Waals surface area contributed by atoms with Crippen LogP contribution in [-0.4, -0.2) is 0 Å². The van der Waals surface area contributed by atoms with Gasteiger partial charge in [-0.2, -0.15) is 0 Å². The summed E-state index contributed by atoms with van der Waals surface area (Å²) < 4.78 is 0. The molecule has 0 nitrogen and oxygen atoms in total. The Kier molecular flexibility index (Phi) is 27.5. The number of hydrogen-bond acceptors (Lipinski definition) is 0. The second-order valence-corrected chi connectivity index (χ2v) is 9.47. The van der Waals surface area contributed by atoms with Crippen molar-refractivity contribution in [1.29, 1.82) is 0 Å². The minimum atomic E-state index is 1.31. The van der Waals surface area contributed by atoms with Gasteiger partial charge < -0.3 is 0 Å². The predicted molar refractivity (Wildman–Crippen MR) is 136 cm³/mol. The van der Waals surface area contributed by atoms with Crippen molar-refractivity contribution in [3.05, 3.63) is 12.2 Å². The fourth-order valence-electron chi connectivity index (χ4n) is 4.27. The fraction of sp³-hybridized carbons (Fsp3) is 0.931. The van der Waals surface area contributed by atoms with Gasteiger partial charge in [0, 0.05) is 0 Å². The lowest BCUT2D eigenvalue weighted by atomic mass is 10.0. The Bertz CT molecular complexity index is 290. The summed E-state index contributed by atoms with van der Waals surface area (Å²) >= 11 is 0. The molecule has 29 heavy (non-hydrogen) atoms. The molecule has 0 aliphatic carbocycles. The van der Waals surface area contributed by atoms with Gasteiger partial charge in [0.05, 0.1) is 0 Å².